The molecule has 1 saturated heterocycles. The minimum Gasteiger partial charge on any atom is -0.379 e. The summed E-state index contributed by atoms with van der Waals surface area (Å²) in [5.74, 6) is 0.805. The van der Waals surface area contributed by atoms with Gasteiger partial charge in [0.05, 0.1) is 31.0 Å². The minimum atomic E-state index is 0. The van der Waals surface area contributed by atoms with Gasteiger partial charge >= 0.3 is 0 Å². The molecule has 148 valence electrons. The van der Waals surface area contributed by atoms with Crippen LogP contribution in [0.15, 0.2) is 34.8 Å². The maximum atomic E-state index is 5.45. The molecule has 6 nitrogen and oxygen atoms in total. The summed E-state index contributed by atoms with van der Waals surface area (Å²) in [6.07, 6.45) is 0. The Morgan fingerprint density at radius 1 is 1.19 bits per heavy atom. The molecule has 0 saturated carbocycles. The van der Waals surface area contributed by atoms with E-state index in [1.165, 1.54) is 16.0 Å². The number of aryl methyl sites for hydroxylation is 1. The van der Waals surface area contributed by atoms with E-state index in [2.05, 4.69) is 49.8 Å². The molecule has 1 aliphatic rings. The predicted octanol–water partition coefficient (Wildman–Crippen LogP) is 2.77. The highest BCUT2D eigenvalue weighted by Gasteiger charge is 2.13. The first-order chi connectivity index (χ1) is 12.8. The molecule has 0 spiro atoms. The molecular formula is C19H28IN5OS. The van der Waals surface area contributed by atoms with Gasteiger partial charge in [-0.2, -0.15) is 0 Å². The third kappa shape index (κ3) is 6.70. The van der Waals surface area contributed by atoms with E-state index >= 15 is 0 Å². The van der Waals surface area contributed by atoms with Gasteiger partial charge in [-0.05, 0) is 18.1 Å². The quantitative estimate of drug-likeness (QED) is 0.362. The van der Waals surface area contributed by atoms with Crippen LogP contribution in [0.4, 0.5) is 0 Å². The van der Waals surface area contributed by atoms with Crippen LogP contribution in [0.1, 0.15) is 21.7 Å². The summed E-state index contributed by atoms with van der Waals surface area (Å²) in [6, 6.07) is 8.60. The molecule has 1 aliphatic heterocycles. The van der Waals surface area contributed by atoms with Gasteiger partial charge in [-0.15, -0.1) is 35.3 Å². The number of benzene rings is 1. The molecule has 8 heteroatoms. The van der Waals surface area contributed by atoms with E-state index in [1.807, 2.05) is 12.4 Å². The molecule has 3 rings (SSSR count). The highest BCUT2D eigenvalue weighted by Crippen LogP contribution is 2.13. The highest BCUT2D eigenvalue weighted by molar-refractivity contribution is 14.0. The number of guanidine groups is 1. The van der Waals surface area contributed by atoms with Crippen LogP contribution >= 0.6 is 35.3 Å². The third-order valence-corrected chi connectivity index (χ3v) is 5.48. The molecule has 2 N–H and O–H groups in total. The number of nitrogens with zero attached hydrogens (tertiary/aromatic N) is 3. The van der Waals surface area contributed by atoms with Crippen molar-refractivity contribution < 1.29 is 4.74 Å². The molecule has 1 fully saturated rings. The van der Waals surface area contributed by atoms with E-state index in [0.717, 1.165) is 57.6 Å². The van der Waals surface area contributed by atoms with E-state index in [9.17, 15) is 0 Å². The highest BCUT2D eigenvalue weighted by atomic mass is 127. The molecule has 0 amide bonds. The average molecular weight is 501 g/mol. The molecule has 0 bridgehead atoms. The molecule has 1 aromatic carbocycles. The van der Waals surface area contributed by atoms with Crippen LogP contribution in [-0.4, -0.2) is 49.2 Å². The van der Waals surface area contributed by atoms with Gasteiger partial charge in [0.15, 0.2) is 5.96 Å². The van der Waals surface area contributed by atoms with E-state index in [4.69, 9.17) is 4.74 Å². The Labute approximate surface area is 182 Å². The Hall–Kier alpha value is -1.23. The number of hydrogen-bond acceptors (Lipinski definition) is 5. The lowest BCUT2D eigenvalue weighted by Crippen LogP contribution is -2.37. The zero-order chi connectivity index (χ0) is 18.2. The molecule has 1 aromatic heterocycles. The maximum absolute atomic E-state index is 5.45. The zero-order valence-electron chi connectivity index (χ0n) is 15.9. The van der Waals surface area contributed by atoms with Crippen molar-refractivity contribution in [2.75, 3.05) is 33.4 Å². The summed E-state index contributed by atoms with van der Waals surface area (Å²) < 4.78 is 5.45. The van der Waals surface area contributed by atoms with Gasteiger partial charge in [0.25, 0.3) is 0 Å². The fraction of sp³-hybridized carbons (Fsp3) is 0.474. The van der Waals surface area contributed by atoms with E-state index in [-0.39, 0.29) is 24.0 Å². The van der Waals surface area contributed by atoms with Crippen molar-refractivity contribution in [3.8, 4) is 0 Å². The van der Waals surface area contributed by atoms with Crippen molar-refractivity contribution in [2.45, 2.75) is 26.6 Å². The van der Waals surface area contributed by atoms with Crippen molar-refractivity contribution in [3.05, 3.63) is 51.5 Å². The summed E-state index contributed by atoms with van der Waals surface area (Å²) in [5, 5.41) is 6.79. The number of morpholine rings is 1. The molecule has 0 radical (unpaired) electrons. The van der Waals surface area contributed by atoms with Crippen LogP contribution < -0.4 is 10.6 Å². The summed E-state index contributed by atoms with van der Waals surface area (Å²) >= 11 is 1.67. The minimum absolute atomic E-state index is 0. The standard InChI is InChI=1S/C19H27N5OS.HI/c1-15-18(26-14-23-15)12-22-19(20-2)21-11-16-5-3-4-6-17(16)13-24-7-9-25-10-8-24;/h3-6,14H,7-13H2,1-2H3,(H2,20,21,22);1H. The number of nitrogens with one attached hydrogen (secondary N) is 2. The lowest BCUT2D eigenvalue weighted by atomic mass is 10.1. The second-order valence-electron chi connectivity index (χ2n) is 6.30. The average Bonchev–Trinajstić information content (AvgIpc) is 3.09. The van der Waals surface area contributed by atoms with Gasteiger partial charge in [0, 0.05) is 38.1 Å². The number of rotatable bonds is 6. The number of aromatic nitrogens is 1. The monoisotopic (exact) mass is 501 g/mol. The molecular weight excluding hydrogens is 473 g/mol. The van der Waals surface area contributed by atoms with Crippen LogP contribution in [0, 0.1) is 6.92 Å². The number of hydrogen-bond donors (Lipinski definition) is 2. The van der Waals surface area contributed by atoms with Crippen LogP contribution in [0.25, 0.3) is 0 Å². The summed E-state index contributed by atoms with van der Waals surface area (Å²) in [5.41, 5.74) is 5.62. The van der Waals surface area contributed by atoms with Crippen molar-refractivity contribution in [3.63, 3.8) is 0 Å². The number of thiazole rings is 1. The number of aliphatic imine (C=N–C) groups is 1. The SMILES string of the molecule is CN=C(NCc1ccccc1CN1CCOCC1)NCc1scnc1C.I. The van der Waals surface area contributed by atoms with Crippen LogP contribution in [-0.2, 0) is 24.4 Å². The van der Waals surface area contributed by atoms with Gasteiger partial charge in [-0.3, -0.25) is 9.89 Å². The first-order valence-electron chi connectivity index (χ1n) is 8.96. The maximum Gasteiger partial charge on any atom is 0.191 e. The van der Waals surface area contributed by atoms with Gasteiger partial charge in [-0.25, -0.2) is 4.98 Å². The lowest BCUT2D eigenvalue weighted by Gasteiger charge is -2.27. The van der Waals surface area contributed by atoms with E-state index in [1.54, 1.807) is 18.4 Å². The zero-order valence-corrected chi connectivity index (χ0v) is 19.0. The fourth-order valence-electron chi connectivity index (χ4n) is 2.94. The third-order valence-electron chi connectivity index (χ3n) is 4.55. The van der Waals surface area contributed by atoms with E-state index in [0.29, 0.717) is 0 Å². The Morgan fingerprint density at radius 3 is 2.56 bits per heavy atom. The summed E-state index contributed by atoms with van der Waals surface area (Å²) in [6.45, 7) is 8.15. The summed E-state index contributed by atoms with van der Waals surface area (Å²) in [7, 11) is 1.80. The molecule has 0 aliphatic carbocycles. The van der Waals surface area contributed by atoms with Gasteiger partial charge in [0.2, 0.25) is 0 Å². The molecule has 2 aromatic rings. The normalized spacial score (nSPS) is 15.3. The topological polar surface area (TPSA) is 61.8 Å². The first-order valence-corrected chi connectivity index (χ1v) is 9.84. The fourth-order valence-corrected chi connectivity index (χ4v) is 3.66. The lowest BCUT2D eigenvalue weighted by molar-refractivity contribution is 0.0341. The Balaban J connectivity index is 0.00000261. The largest absolute Gasteiger partial charge is 0.379 e. The number of halogens is 1. The van der Waals surface area contributed by atoms with Gasteiger partial charge < -0.3 is 15.4 Å². The van der Waals surface area contributed by atoms with Crippen LogP contribution in [0.5, 0.6) is 0 Å². The van der Waals surface area contributed by atoms with Gasteiger partial charge in [-0.1, -0.05) is 24.3 Å². The Kier molecular flexibility index (Phi) is 9.46. The Morgan fingerprint density at radius 2 is 1.89 bits per heavy atom. The molecule has 0 atom stereocenters. The van der Waals surface area contributed by atoms with E-state index < -0.39 is 0 Å². The van der Waals surface area contributed by atoms with Crippen molar-refractivity contribution in [2.24, 2.45) is 4.99 Å². The second kappa shape index (κ2) is 11.6. The first kappa shape index (κ1) is 22.1. The van der Waals surface area contributed by atoms with Crippen LogP contribution in [0.2, 0.25) is 0 Å². The smallest absolute Gasteiger partial charge is 0.191 e. The van der Waals surface area contributed by atoms with Crippen molar-refractivity contribution in [1.82, 2.24) is 20.5 Å². The van der Waals surface area contributed by atoms with Gasteiger partial charge in [0.1, 0.15) is 0 Å². The molecule has 27 heavy (non-hydrogen) atoms. The summed E-state index contributed by atoms with van der Waals surface area (Å²) in [4.78, 5) is 12.3. The molecule has 0 unspecified atom stereocenters. The second-order valence-corrected chi connectivity index (χ2v) is 7.24. The van der Waals surface area contributed by atoms with Crippen molar-refractivity contribution >= 4 is 41.3 Å². The van der Waals surface area contributed by atoms with Crippen molar-refractivity contribution in [1.29, 1.82) is 0 Å². The van der Waals surface area contributed by atoms with Crippen LogP contribution in [0.3, 0.4) is 0 Å². The predicted molar refractivity (Wildman–Crippen MR) is 122 cm³/mol. The number of ether oxygens (including phenoxy) is 1. The molecule has 2 heterocycles. The Bertz CT molecular complexity index is 730.